The fourth-order valence-corrected chi connectivity index (χ4v) is 3.79. The fourth-order valence-electron chi connectivity index (χ4n) is 3.79. The molecule has 3 aromatic rings. The normalized spacial score (nSPS) is 15.6. The van der Waals surface area contributed by atoms with E-state index in [0.717, 1.165) is 16.7 Å². The Bertz CT molecular complexity index is 1080. The summed E-state index contributed by atoms with van der Waals surface area (Å²) in [5.41, 5.74) is 1.49. The van der Waals surface area contributed by atoms with Crippen molar-refractivity contribution in [2.75, 3.05) is 40.4 Å². The van der Waals surface area contributed by atoms with Gasteiger partial charge in [-0.15, -0.1) is 0 Å². The summed E-state index contributed by atoms with van der Waals surface area (Å²) in [6, 6.07) is 16.9. The molecule has 0 bridgehead atoms. The highest BCUT2D eigenvalue weighted by molar-refractivity contribution is 5.97. The second kappa shape index (κ2) is 8.47. The average molecular weight is 405 g/mol. The lowest BCUT2D eigenvalue weighted by molar-refractivity contribution is 0.0578. The average Bonchev–Trinajstić information content (AvgIpc) is 3.24. The van der Waals surface area contributed by atoms with Crippen LogP contribution < -0.4 is 9.47 Å². The van der Waals surface area contributed by atoms with Crippen molar-refractivity contribution < 1.29 is 18.7 Å². The van der Waals surface area contributed by atoms with E-state index in [0.29, 0.717) is 43.3 Å². The van der Waals surface area contributed by atoms with E-state index in [2.05, 4.69) is 11.0 Å². The molecule has 1 aromatic heterocycles. The largest absolute Gasteiger partial charge is 0.497 e. The highest BCUT2D eigenvalue weighted by Crippen LogP contribution is 2.29. The molecule has 2 heterocycles. The van der Waals surface area contributed by atoms with Gasteiger partial charge < -0.3 is 18.8 Å². The quantitative estimate of drug-likeness (QED) is 0.647. The lowest BCUT2D eigenvalue weighted by Gasteiger charge is -2.36. The maximum Gasteiger partial charge on any atom is 0.289 e. The molecule has 1 atom stereocenters. The Morgan fingerprint density at radius 3 is 2.43 bits per heavy atom. The van der Waals surface area contributed by atoms with Crippen molar-refractivity contribution in [1.82, 2.24) is 9.80 Å². The molecular weight excluding hydrogens is 382 g/mol. The first kappa shape index (κ1) is 19.8. The molecule has 30 heavy (non-hydrogen) atoms. The molecule has 1 saturated heterocycles. The minimum Gasteiger partial charge on any atom is -0.497 e. The van der Waals surface area contributed by atoms with Crippen molar-refractivity contribution in [2.45, 2.75) is 6.04 Å². The van der Waals surface area contributed by atoms with E-state index < -0.39 is 0 Å². The molecule has 0 spiro atoms. The van der Waals surface area contributed by atoms with E-state index in [4.69, 9.17) is 13.9 Å². The van der Waals surface area contributed by atoms with Crippen LogP contribution in [-0.4, -0.2) is 56.1 Å². The number of benzene rings is 2. The number of para-hydroxylation sites is 1. The highest BCUT2D eigenvalue weighted by atomic mass is 16.5. The molecule has 1 aliphatic heterocycles. The van der Waals surface area contributed by atoms with Crippen molar-refractivity contribution in [3.63, 3.8) is 0 Å². The molecule has 4 rings (SSSR count). The molecule has 0 N–H and O–H groups in total. The Balaban J connectivity index is 1.44. The Kier molecular flexibility index (Phi) is 5.59. The molecule has 2 aromatic carbocycles. The van der Waals surface area contributed by atoms with E-state index >= 15 is 0 Å². The first-order valence-electron chi connectivity index (χ1n) is 9.78. The van der Waals surface area contributed by atoms with Gasteiger partial charge in [0.05, 0.1) is 20.3 Å². The van der Waals surface area contributed by atoms with Gasteiger partial charge in [0.25, 0.3) is 5.91 Å². The van der Waals surface area contributed by atoms with Gasteiger partial charge in [0, 0.05) is 31.6 Å². The molecule has 0 radical (unpaired) electrons. The zero-order chi connectivity index (χ0) is 21.1. The number of carbonyl (C=O) groups is 1. The summed E-state index contributed by atoms with van der Waals surface area (Å²) in [4.78, 5) is 16.8. The SMILES string of the molecule is COc1ccc(C(C#N)N2CCN(C(=O)c3cc4cccc(OC)c4o3)CC2)cc1. The number of carbonyl (C=O) groups excluding carboxylic acids is 1. The number of rotatable bonds is 5. The Hall–Kier alpha value is -3.50. The molecule has 1 aliphatic rings. The third-order valence-electron chi connectivity index (χ3n) is 5.46. The van der Waals surface area contributed by atoms with Crippen molar-refractivity contribution in [2.24, 2.45) is 0 Å². The summed E-state index contributed by atoms with van der Waals surface area (Å²) < 4.78 is 16.3. The molecule has 1 fully saturated rings. The molecular formula is C23H23N3O4. The molecule has 0 aliphatic carbocycles. The smallest absolute Gasteiger partial charge is 0.289 e. The standard InChI is InChI=1S/C23H23N3O4/c1-28-18-8-6-16(7-9-18)19(15-24)25-10-12-26(13-11-25)23(27)21-14-17-4-3-5-20(29-2)22(17)30-21/h3-9,14,19H,10-13H2,1-2H3. The van der Waals surface area contributed by atoms with Gasteiger partial charge in [-0.25, -0.2) is 0 Å². The van der Waals surface area contributed by atoms with Crippen molar-refractivity contribution in [3.05, 3.63) is 59.9 Å². The molecule has 154 valence electrons. The van der Waals surface area contributed by atoms with Crippen LogP contribution in [0.4, 0.5) is 0 Å². The summed E-state index contributed by atoms with van der Waals surface area (Å²) in [5.74, 6) is 1.52. The Morgan fingerprint density at radius 1 is 1.07 bits per heavy atom. The summed E-state index contributed by atoms with van der Waals surface area (Å²) in [6.45, 7) is 2.28. The summed E-state index contributed by atoms with van der Waals surface area (Å²) in [6.07, 6.45) is 0. The minimum atomic E-state index is -0.358. The first-order chi connectivity index (χ1) is 14.6. The van der Waals surface area contributed by atoms with Gasteiger partial charge in [-0.3, -0.25) is 9.69 Å². The van der Waals surface area contributed by atoms with Crippen LogP contribution >= 0.6 is 0 Å². The van der Waals surface area contributed by atoms with Crippen LogP contribution in [0.5, 0.6) is 11.5 Å². The molecule has 1 unspecified atom stereocenters. The van der Waals surface area contributed by atoms with Gasteiger partial charge in [0.1, 0.15) is 11.8 Å². The van der Waals surface area contributed by atoms with Crippen LogP contribution in [0.25, 0.3) is 11.0 Å². The maximum absolute atomic E-state index is 12.9. The van der Waals surface area contributed by atoms with Gasteiger partial charge in [-0.2, -0.15) is 5.26 Å². The third kappa shape index (κ3) is 3.70. The van der Waals surface area contributed by atoms with E-state index in [9.17, 15) is 10.1 Å². The second-order valence-electron chi connectivity index (χ2n) is 7.12. The fraction of sp³-hybridized carbons (Fsp3) is 0.304. The van der Waals surface area contributed by atoms with Crippen molar-refractivity contribution in [3.8, 4) is 17.6 Å². The van der Waals surface area contributed by atoms with Gasteiger partial charge in [0.15, 0.2) is 17.1 Å². The zero-order valence-corrected chi connectivity index (χ0v) is 17.0. The van der Waals surface area contributed by atoms with Crippen LogP contribution in [0.15, 0.2) is 52.9 Å². The number of hydrogen-bond acceptors (Lipinski definition) is 6. The summed E-state index contributed by atoms with van der Waals surface area (Å²) >= 11 is 0. The lowest BCUT2D eigenvalue weighted by Crippen LogP contribution is -2.49. The number of nitriles is 1. The second-order valence-corrected chi connectivity index (χ2v) is 7.12. The van der Waals surface area contributed by atoms with E-state index in [1.54, 1.807) is 31.3 Å². The molecule has 7 heteroatoms. The van der Waals surface area contributed by atoms with Crippen LogP contribution in [-0.2, 0) is 0 Å². The predicted octanol–water partition coefficient (Wildman–Crippen LogP) is 3.47. The number of nitrogens with zero attached hydrogens (tertiary/aromatic N) is 3. The van der Waals surface area contributed by atoms with Gasteiger partial charge >= 0.3 is 0 Å². The lowest BCUT2D eigenvalue weighted by atomic mass is 10.1. The number of ether oxygens (including phenoxy) is 2. The molecule has 7 nitrogen and oxygen atoms in total. The number of hydrogen-bond donors (Lipinski definition) is 0. The maximum atomic E-state index is 12.9. The third-order valence-corrected chi connectivity index (χ3v) is 5.46. The van der Waals surface area contributed by atoms with Crippen LogP contribution in [0.3, 0.4) is 0 Å². The van der Waals surface area contributed by atoms with Crippen molar-refractivity contribution in [1.29, 1.82) is 5.26 Å². The monoisotopic (exact) mass is 405 g/mol. The van der Waals surface area contributed by atoms with Crippen LogP contribution in [0, 0.1) is 11.3 Å². The minimum absolute atomic E-state index is 0.147. The van der Waals surface area contributed by atoms with Gasteiger partial charge in [-0.1, -0.05) is 24.3 Å². The van der Waals surface area contributed by atoms with Gasteiger partial charge in [-0.05, 0) is 29.8 Å². The van der Waals surface area contributed by atoms with E-state index in [-0.39, 0.29) is 11.9 Å². The number of fused-ring (bicyclic) bond motifs is 1. The number of furan rings is 1. The summed E-state index contributed by atoms with van der Waals surface area (Å²) in [5, 5.41) is 10.5. The van der Waals surface area contributed by atoms with E-state index in [1.807, 2.05) is 36.4 Å². The Morgan fingerprint density at radius 2 is 1.80 bits per heavy atom. The van der Waals surface area contributed by atoms with E-state index in [1.165, 1.54) is 0 Å². The predicted molar refractivity (Wildman–Crippen MR) is 112 cm³/mol. The van der Waals surface area contributed by atoms with Gasteiger partial charge in [0.2, 0.25) is 0 Å². The van der Waals surface area contributed by atoms with Crippen LogP contribution in [0.2, 0.25) is 0 Å². The topological polar surface area (TPSA) is 78.9 Å². The van der Waals surface area contributed by atoms with Crippen LogP contribution in [0.1, 0.15) is 22.2 Å². The number of piperazine rings is 1. The number of amides is 1. The van der Waals surface area contributed by atoms with Crippen molar-refractivity contribution >= 4 is 16.9 Å². The highest BCUT2D eigenvalue weighted by Gasteiger charge is 2.29. The summed E-state index contributed by atoms with van der Waals surface area (Å²) in [7, 11) is 3.19. The first-order valence-corrected chi connectivity index (χ1v) is 9.78. The number of methoxy groups -OCH3 is 2. The molecule has 1 amide bonds. The molecule has 0 saturated carbocycles. The Labute approximate surface area is 175 Å². The zero-order valence-electron chi connectivity index (χ0n) is 17.0.